The minimum atomic E-state index is -1.34. The van der Waals surface area contributed by atoms with Gasteiger partial charge in [-0.15, -0.1) is 0 Å². The molecule has 0 spiro atoms. The van der Waals surface area contributed by atoms with E-state index < -0.39 is 35.8 Å². The number of benzene rings is 3. The molecule has 1 saturated heterocycles. The zero-order valence-electron chi connectivity index (χ0n) is 18.8. The third-order valence-electron chi connectivity index (χ3n) is 5.56. The maximum absolute atomic E-state index is 12.7. The number of aryl methyl sites for hydroxylation is 1. The van der Waals surface area contributed by atoms with Crippen LogP contribution < -0.4 is 0 Å². The van der Waals surface area contributed by atoms with E-state index in [4.69, 9.17) is 14.2 Å². The smallest absolute Gasteiger partial charge is 0.338 e. The second-order valence-corrected chi connectivity index (χ2v) is 9.36. The predicted octanol–water partition coefficient (Wildman–Crippen LogP) is 3.98. The zero-order valence-corrected chi connectivity index (χ0v) is 19.6. The Balaban J connectivity index is 1.48. The lowest BCUT2D eigenvalue weighted by Crippen LogP contribution is -2.59. The number of hydrogen-bond acceptors (Lipinski definition) is 7. The van der Waals surface area contributed by atoms with E-state index in [9.17, 15) is 15.0 Å². The number of ether oxygens (including phenoxy) is 3. The molecule has 1 heterocycles. The molecule has 5 atom stereocenters. The normalized spacial score (nSPS) is 24.5. The fourth-order valence-corrected chi connectivity index (χ4v) is 4.76. The Morgan fingerprint density at radius 2 is 1.56 bits per heavy atom. The van der Waals surface area contributed by atoms with Crippen molar-refractivity contribution in [1.29, 1.82) is 0 Å². The highest BCUT2D eigenvalue weighted by atomic mass is 32.2. The van der Waals surface area contributed by atoms with E-state index >= 15 is 0 Å². The number of carbonyl (C=O) groups is 1. The molecule has 6 nitrogen and oxygen atoms in total. The average Bonchev–Trinajstić information content (AvgIpc) is 2.87. The van der Waals surface area contributed by atoms with Gasteiger partial charge < -0.3 is 24.4 Å². The summed E-state index contributed by atoms with van der Waals surface area (Å²) in [4.78, 5) is 13.6. The van der Waals surface area contributed by atoms with E-state index in [1.807, 2.05) is 61.5 Å². The Hall–Kier alpha value is -2.68. The quantitative estimate of drug-likeness (QED) is 0.472. The molecule has 34 heavy (non-hydrogen) atoms. The molecule has 2 N–H and O–H groups in total. The van der Waals surface area contributed by atoms with Gasteiger partial charge >= 0.3 is 5.97 Å². The number of aliphatic hydroxyl groups is 2. The van der Waals surface area contributed by atoms with Crippen molar-refractivity contribution in [3.05, 3.63) is 102 Å². The van der Waals surface area contributed by atoms with Crippen molar-refractivity contribution in [2.24, 2.45) is 0 Å². The first-order valence-corrected chi connectivity index (χ1v) is 12.0. The van der Waals surface area contributed by atoms with E-state index in [0.717, 1.165) is 16.0 Å². The molecule has 0 amide bonds. The minimum absolute atomic E-state index is 0.0808. The first-order valence-electron chi connectivity index (χ1n) is 11.1. The van der Waals surface area contributed by atoms with Crippen LogP contribution in [0, 0.1) is 6.92 Å². The van der Waals surface area contributed by atoms with E-state index in [1.54, 1.807) is 30.3 Å². The molecule has 2 unspecified atom stereocenters. The lowest BCUT2D eigenvalue weighted by atomic mass is 10.00. The minimum Gasteiger partial charge on any atom is -0.452 e. The zero-order chi connectivity index (χ0) is 23.9. The van der Waals surface area contributed by atoms with Crippen molar-refractivity contribution in [2.45, 2.75) is 48.3 Å². The number of hydrogen-bond donors (Lipinski definition) is 2. The van der Waals surface area contributed by atoms with E-state index in [-0.39, 0.29) is 6.61 Å². The number of aliphatic hydroxyl groups excluding tert-OH is 2. The van der Waals surface area contributed by atoms with Crippen molar-refractivity contribution >= 4 is 17.7 Å². The maximum Gasteiger partial charge on any atom is 0.338 e. The third-order valence-corrected chi connectivity index (χ3v) is 6.72. The summed E-state index contributed by atoms with van der Waals surface area (Å²) in [5.74, 6) is -0.589. The van der Waals surface area contributed by atoms with Crippen LogP contribution in [0.15, 0.2) is 89.8 Å². The Kier molecular flexibility index (Phi) is 8.37. The van der Waals surface area contributed by atoms with Crippen LogP contribution in [-0.4, -0.2) is 52.6 Å². The molecule has 4 rings (SSSR count). The summed E-state index contributed by atoms with van der Waals surface area (Å²) < 4.78 is 17.6. The van der Waals surface area contributed by atoms with Gasteiger partial charge in [-0.3, -0.25) is 0 Å². The summed E-state index contributed by atoms with van der Waals surface area (Å²) in [6, 6.07) is 26.0. The molecule has 0 bridgehead atoms. The Morgan fingerprint density at radius 1 is 0.912 bits per heavy atom. The number of esters is 1. The topological polar surface area (TPSA) is 85.2 Å². The molecule has 0 saturated carbocycles. The highest BCUT2D eigenvalue weighted by Crippen LogP contribution is 2.35. The number of thioether (sulfide) groups is 1. The van der Waals surface area contributed by atoms with Crippen LogP contribution in [-0.2, 0) is 20.8 Å². The van der Waals surface area contributed by atoms with Gasteiger partial charge in [-0.25, -0.2) is 4.79 Å². The van der Waals surface area contributed by atoms with E-state index in [0.29, 0.717) is 12.2 Å². The first kappa shape index (κ1) is 24.4. The fraction of sp³-hybridized carbons (Fsp3) is 0.296. The lowest BCUT2D eigenvalue weighted by Gasteiger charge is -2.41. The summed E-state index contributed by atoms with van der Waals surface area (Å²) in [6.07, 6.45) is -4.47. The predicted molar refractivity (Wildman–Crippen MR) is 129 cm³/mol. The molecular weight excluding hydrogens is 452 g/mol. The van der Waals surface area contributed by atoms with Crippen molar-refractivity contribution in [3.8, 4) is 0 Å². The molecular formula is C27H28O6S. The summed E-state index contributed by atoms with van der Waals surface area (Å²) >= 11 is 1.33. The van der Waals surface area contributed by atoms with Crippen LogP contribution in [0.1, 0.15) is 21.5 Å². The maximum atomic E-state index is 12.7. The molecule has 7 heteroatoms. The van der Waals surface area contributed by atoms with Crippen LogP contribution in [0.25, 0.3) is 0 Å². The van der Waals surface area contributed by atoms with Gasteiger partial charge in [-0.1, -0.05) is 78.0 Å². The van der Waals surface area contributed by atoms with Crippen molar-refractivity contribution in [2.75, 3.05) is 6.61 Å². The van der Waals surface area contributed by atoms with Gasteiger partial charge in [0.25, 0.3) is 0 Å². The summed E-state index contributed by atoms with van der Waals surface area (Å²) in [7, 11) is 0. The SMILES string of the molecule is Cc1ccc(S[C@@H]2OC(COCc3ccccc3)[C@H](O)[C@H](O)C2OC(=O)c2ccccc2)cc1. The van der Waals surface area contributed by atoms with Crippen LogP contribution >= 0.6 is 11.8 Å². The fourth-order valence-electron chi connectivity index (χ4n) is 3.65. The van der Waals surface area contributed by atoms with Gasteiger partial charge in [0.15, 0.2) is 6.10 Å². The highest BCUT2D eigenvalue weighted by molar-refractivity contribution is 7.99. The molecule has 178 valence electrons. The van der Waals surface area contributed by atoms with Crippen LogP contribution in [0.5, 0.6) is 0 Å². The first-order chi connectivity index (χ1) is 16.5. The van der Waals surface area contributed by atoms with Gasteiger partial charge in [0.1, 0.15) is 23.7 Å². The van der Waals surface area contributed by atoms with Gasteiger partial charge in [0.2, 0.25) is 0 Å². The lowest BCUT2D eigenvalue weighted by molar-refractivity contribution is -0.210. The molecule has 1 fully saturated rings. The summed E-state index contributed by atoms with van der Waals surface area (Å²) in [5, 5.41) is 21.7. The molecule has 0 radical (unpaired) electrons. The van der Waals surface area contributed by atoms with Gasteiger partial charge in [-0.05, 0) is 36.8 Å². The molecule has 3 aromatic carbocycles. The second-order valence-electron chi connectivity index (χ2n) is 8.19. The van der Waals surface area contributed by atoms with E-state index in [2.05, 4.69) is 0 Å². The summed E-state index contributed by atoms with van der Waals surface area (Å²) in [5.41, 5.74) is 1.73. The molecule has 1 aliphatic heterocycles. The number of rotatable bonds is 8. The Labute approximate surface area is 203 Å². The second kappa shape index (κ2) is 11.6. The third kappa shape index (κ3) is 6.25. The monoisotopic (exact) mass is 480 g/mol. The molecule has 0 aromatic heterocycles. The van der Waals surface area contributed by atoms with Crippen molar-refractivity contribution < 1.29 is 29.2 Å². The number of carbonyl (C=O) groups excluding carboxylic acids is 1. The average molecular weight is 481 g/mol. The van der Waals surface area contributed by atoms with Crippen LogP contribution in [0.2, 0.25) is 0 Å². The van der Waals surface area contributed by atoms with Gasteiger partial charge in [0, 0.05) is 4.90 Å². The Bertz CT molecular complexity index is 1040. The van der Waals surface area contributed by atoms with Gasteiger partial charge in [-0.2, -0.15) is 0 Å². The largest absolute Gasteiger partial charge is 0.452 e. The van der Waals surface area contributed by atoms with Gasteiger partial charge in [0.05, 0.1) is 18.8 Å². The van der Waals surface area contributed by atoms with Crippen molar-refractivity contribution in [3.63, 3.8) is 0 Å². The van der Waals surface area contributed by atoms with E-state index in [1.165, 1.54) is 11.8 Å². The molecule has 0 aliphatic carbocycles. The Morgan fingerprint density at radius 3 is 2.24 bits per heavy atom. The highest BCUT2D eigenvalue weighted by Gasteiger charge is 2.47. The standard InChI is InChI=1S/C27H28O6S/c1-18-12-14-21(15-13-18)34-27-25(33-26(30)20-10-6-3-7-11-20)24(29)23(28)22(32-27)17-31-16-19-8-4-2-5-9-19/h2-15,22-25,27-29H,16-17H2,1H3/t22?,23-,24-,25?,27-/m0/s1. The van der Waals surface area contributed by atoms with Crippen LogP contribution in [0.3, 0.4) is 0 Å². The van der Waals surface area contributed by atoms with Crippen molar-refractivity contribution in [1.82, 2.24) is 0 Å². The molecule has 1 aliphatic rings. The molecule has 3 aromatic rings. The van der Waals surface area contributed by atoms with Crippen LogP contribution in [0.4, 0.5) is 0 Å². The summed E-state index contributed by atoms with van der Waals surface area (Å²) in [6.45, 7) is 2.43.